The van der Waals surface area contributed by atoms with Gasteiger partial charge in [0.2, 0.25) is 0 Å². The number of aromatic amines is 1. The van der Waals surface area contributed by atoms with Crippen molar-refractivity contribution in [3.63, 3.8) is 0 Å². The predicted molar refractivity (Wildman–Crippen MR) is 120 cm³/mol. The van der Waals surface area contributed by atoms with E-state index in [1.807, 2.05) is 6.92 Å². The third-order valence-electron chi connectivity index (χ3n) is 5.57. The molecule has 2 aromatic heterocycles. The number of nitrogens with zero attached hydrogens (tertiary/aromatic N) is 2. The van der Waals surface area contributed by atoms with Gasteiger partial charge in [-0.2, -0.15) is 0 Å². The number of H-pyrrole nitrogens is 1. The first-order chi connectivity index (χ1) is 15.6. The third kappa shape index (κ3) is 4.63. The number of aliphatic hydroxyl groups is 1. The Morgan fingerprint density at radius 2 is 1.97 bits per heavy atom. The molecule has 1 fully saturated rings. The number of ether oxygens (including phenoxy) is 1. The number of hydrogen-bond donors (Lipinski definition) is 4. The summed E-state index contributed by atoms with van der Waals surface area (Å²) in [6.07, 6.45) is 5.38. The van der Waals surface area contributed by atoms with Gasteiger partial charge in [-0.25, -0.2) is 9.97 Å². The highest BCUT2D eigenvalue weighted by Crippen LogP contribution is 2.27. The fourth-order valence-electron chi connectivity index (χ4n) is 3.78. The fraction of sp³-hybridized carbons (Fsp3) is 0.391. The average molecular weight is 438 g/mol. The number of carbonyl (C=O) groups excluding carboxylic acids is 2. The van der Waals surface area contributed by atoms with Crippen LogP contribution in [-0.4, -0.2) is 63.7 Å². The summed E-state index contributed by atoms with van der Waals surface area (Å²) in [5.74, 6) is 0.219. The molecule has 4 rings (SSSR count). The Morgan fingerprint density at radius 1 is 1.19 bits per heavy atom. The second-order valence-corrected chi connectivity index (χ2v) is 7.87. The van der Waals surface area contributed by atoms with Gasteiger partial charge in [0.25, 0.3) is 5.91 Å². The minimum absolute atomic E-state index is 0.0139. The van der Waals surface area contributed by atoms with Gasteiger partial charge in [-0.1, -0.05) is 19.1 Å². The summed E-state index contributed by atoms with van der Waals surface area (Å²) in [5.41, 5.74) is 2.00. The number of aliphatic hydroxyl groups excluding tert-OH is 1. The highest BCUT2D eigenvalue weighted by Gasteiger charge is 2.24. The van der Waals surface area contributed by atoms with E-state index in [1.54, 1.807) is 30.5 Å². The van der Waals surface area contributed by atoms with E-state index in [2.05, 4.69) is 25.6 Å². The van der Waals surface area contributed by atoms with E-state index in [0.717, 1.165) is 19.3 Å². The molecule has 9 heteroatoms. The number of ketones is 1. The molecule has 1 aliphatic rings. The number of rotatable bonds is 8. The van der Waals surface area contributed by atoms with Crippen molar-refractivity contribution >= 4 is 28.5 Å². The van der Waals surface area contributed by atoms with Crippen molar-refractivity contribution in [1.29, 1.82) is 0 Å². The summed E-state index contributed by atoms with van der Waals surface area (Å²) in [7, 11) is 0. The van der Waals surface area contributed by atoms with Crippen LogP contribution in [0.4, 0.5) is 5.82 Å². The Kier molecular flexibility index (Phi) is 6.77. The molecule has 9 nitrogen and oxygen atoms in total. The van der Waals surface area contributed by atoms with Crippen LogP contribution in [0, 0.1) is 0 Å². The van der Waals surface area contributed by atoms with Crippen molar-refractivity contribution in [2.45, 2.75) is 38.3 Å². The van der Waals surface area contributed by atoms with Gasteiger partial charge < -0.3 is 25.5 Å². The smallest absolute Gasteiger partial charge is 0.251 e. The van der Waals surface area contributed by atoms with Gasteiger partial charge in [0, 0.05) is 23.9 Å². The molecule has 32 heavy (non-hydrogen) atoms. The number of hydrogen-bond acceptors (Lipinski definition) is 7. The van der Waals surface area contributed by atoms with Crippen LogP contribution in [-0.2, 0) is 4.74 Å². The van der Waals surface area contributed by atoms with Crippen LogP contribution in [0.3, 0.4) is 0 Å². The minimum Gasteiger partial charge on any atom is -0.394 e. The molecule has 3 heterocycles. The lowest BCUT2D eigenvalue weighted by Crippen LogP contribution is -2.36. The zero-order chi connectivity index (χ0) is 22.5. The van der Waals surface area contributed by atoms with Gasteiger partial charge in [-0.05, 0) is 31.4 Å². The monoisotopic (exact) mass is 437 g/mol. The van der Waals surface area contributed by atoms with E-state index in [-0.39, 0.29) is 30.4 Å². The highest BCUT2D eigenvalue weighted by atomic mass is 16.5. The average Bonchev–Trinajstić information content (AvgIpc) is 3.28. The third-order valence-corrected chi connectivity index (χ3v) is 5.57. The molecule has 1 aromatic carbocycles. The molecule has 168 valence electrons. The lowest BCUT2D eigenvalue weighted by molar-refractivity contribution is -0.0224. The van der Waals surface area contributed by atoms with E-state index < -0.39 is 0 Å². The maximum Gasteiger partial charge on any atom is 0.251 e. The van der Waals surface area contributed by atoms with Crippen molar-refractivity contribution in [3.05, 3.63) is 53.5 Å². The second-order valence-electron chi connectivity index (χ2n) is 7.87. The number of carbonyl (C=O) groups is 2. The quantitative estimate of drug-likeness (QED) is 0.398. The second kappa shape index (κ2) is 9.88. The van der Waals surface area contributed by atoms with Gasteiger partial charge in [0.1, 0.15) is 17.8 Å². The van der Waals surface area contributed by atoms with Gasteiger partial charge in [0.05, 0.1) is 36.3 Å². The van der Waals surface area contributed by atoms with Crippen molar-refractivity contribution < 1.29 is 19.4 Å². The van der Waals surface area contributed by atoms with Crippen LogP contribution in [0.1, 0.15) is 52.5 Å². The first-order valence-corrected chi connectivity index (χ1v) is 10.8. The molecule has 1 saturated heterocycles. The number of fused-ring (bicyclic) bond motifs is 1. The van der Waals surface area contributed by atoms with E-state index in [4.69, 9.17) is 4.74 Å². The maximum atomic E-state index is 13.2. The molecule has 0 aliphatic carbocycles. The van der Waals surface area contributed by atoms with E-state index in [9.17, 15) is 14.7 Å². The summed E-state index contributed by atoms with van der Waals surface area (Å²) in [4.78, 5) is 37.0. The zero-order valence-corrected chi connectivity index (χ0v) is 17.9. The Bertz CT molecular complexity index is 1090. The van der Waals surface area contributed by atoms with Crippen LogP contribution in [0.5, 0.6) is 0 Å². The van der Waals surface area contributed by atoms with Gasteiger partial charge in [-0.15, -0.1) is 0 Å². The zero-order valence-electron chi connectivity index (χ0n) is 17.9. The molecular weight excluding hydrogens is 410 g/mol. The predicted octanol–water partition coefficient (Wildman–Crippen LogP) is 2.28. The molecule has 0 radical (unpaired) electrons. The molecule has 0 spiro atoms. The van der Waals surface area contributed by atoms with Crippen molar-refractivity contribution in [1.82, 2.24) is 20.3 Å². The largest absolute Gasteiger partial charge is 0.394 e. The summed E-state index contributed by atoms with van der Waals surface area (Å²) in [6, 6.07) is 6.64. The number of aromatic nitrogens is 3. The van der Waals surface area contributed by atoms with Crippen molar-refractivity contribution in [2.75, 3.05) is 25.1 Å². The number of nitrogens with one attached hydrogen (secondary N) is 3. The number of benzene rings is 1. The van der Waals surface area contributed by atoms with E-state index >= 15 is 0 Å². The Labute approximate surface area is 185 Å². The van der Waals surface area contributed by atoms with Gasteiger partial charge >= 0.3 is 0 Å². The van der Waals surface area contributed by atoms with E-state index in [0.29, 0.717) is 46.7 Å². The molecule has 2 atom stereocenters. The molecule has 0 bridgehead atoms. The molecular formula is C23H27N5O4. The van der Waals surface area contributed by atoms with Crippen LogP contribution in [0.15, 0.2) is 36.8 Å². The first kappa shape index (κ1) is 21.9. The molecule has 3 aromatic rings. The summed E-state index contributed by atoms with van der Waals surface area (Å²) in [6.45, 7) is 3.06. The lowest BCUT2D eigenvalue weighted by atomic mass is 10.0. The Morgan fingerprint density at radius 3 is 2.66 bits per heavy atom. The molecule has 0 unspecified atom stereocenters. The van der Waals surface area contributed by atoms with Gasteiger partial charge in [-0.3, -0.25) is 9.59 Å². The molecule has 4 N–H and O–H groups in total. The van der Waals surface area contributed by atoms with Gasteiger partial charge in [0.15, 0.2) is 5.78 Å². The highest BCUT2D eigenvalue weighted by molar-refractivity contribution is 6.18. The minimum atomic E-state index is -0.185. The van der Waals surface area contributed by atoms with Crippen LogP contribution in [0.25, 0.3) is 11.0 Å². The molecule has 1 amide bonds. The Balaban J connectivity index is 1.55. The topological polar surface area (TPSA) is 129 Å². The van der Waals surface area contributed by atoms with Crippen LogP contribution >= 0.6 is 0 Å². The number of anilines is 1. The number of amides is 1. The molecule has 1 aliphatic heterocycles. The fourth-order valence-corrected chi connectivity index (χ4v) is 3.78. The Hall–Kier alpha value is -3.30. The SMILES string of the molecule is CCCNC(=O)c1ccc(C(=O)c2c[nH]c3ncnc(N[C@@H]4CC[C@@H](CO)OC4)c23)cc1. The van der Waals surface area contributed by atoms with Crippen molar-refractivity contribution in [2.24, 2.45) is 0 Å². The summed E-state index contributed by atoms with van der Waals surface area (Å²) >= 11 is 0. The maximum absolute atomic E-state index is 13.2. The van der Waals surface area contributed by atoms with E-state index in [1.165, 1.54) is 6.33 Å². The summed E-state index contributed by atoms with van der Waals surface area (Å²) in [5, 5.41) is 16.0. The normalized spacial score (nSPS) is 18.4. The molecule has 0 saturated carbocycles. The van der Waals surface area contributed by atoms with Crippen molar-refractivity contribution in [3.8, 4) is 0 Å². The first-order valence-electron chi connectivity index (χ1n) is 10.8. The van der Waals surface area contributed by atoms with Crippen LogP contribution in [0.2, 0.25) is 0 Å². The van der Waals surface area contributed by atoms with Crippen LogP contribution < -0.4 is 10.6 Å². The summed E-state index contributed by atoms with van der Waals surface area (Å²) < 4.78 is 5.64. The lowest BCUT2D eigenvalue weighted by Gasteiger charge is -2.29. The standard InChI is InChI=1S/C23H27N5O4/c1-2-9-24-23(31)15-5-3-14(4-6-15)20(30)18-10-25-21-19(18)22(27-13-26-21)28-16-7-8-17(11-29)32-12-16/h3-6,10,13,16-17,29H,2,7-9,11-12H2,1H3,(H,24,31)(H2,25,26,27,28)/t16-,17+/m1/s1.